The number of piperazine rings is 1. The molecule has 0 aliphatic carbocycles. The van der Waals surface area contributed by atoms with Gasteiger partial charge >= 0.3 is 0 Å². The maximum atomic E-state index is 13.1. The predicted octanol–water partition coefficient (Wildman–Crippen LogP) is 2.05. The van der Waals surface area contributed by atoms with Crippen molar-refractivity contribution < 1.29 is 18.0 Å². The number of rotatable bonds is 6. The molecule has 2 aromatic rings. The molecule has 2 aliphatic rings. The van der Waals surface area contributed by atoms with Gasteiger partial charge in [0, 0.05) is 51.4 Å². The summed E-state index contributed by atoms with van der Waals surface area (Å²) >= 11 is 0. The van der Waals surface area contributed by atoms with Crippen LogP contribution in [0.4, 0.5) is 5.82 Å². The zero-order valence-electron chi connectivity index (χ0n) is 20.3. The van der Waals surface area contributed by atoms with E-state index in [0.29, 0.717) is 68.5 Å². The van der Waals surface area contributed by atoms with Gasteiger partial charge in [0.25, 0.3) is 0 Å². The number of primary amides is 1. The van der Waals surface area contributed by atoms with Crippen molar-refractivity contribution in [2.45, 2.75) is 37.5 Å². The van der Waals surface area contributed by atoms with Crippen molar-refractivity contribution in [2.75, 3.05) is 44.2 Å². The third-order valence-electron chi connectivity index (χ3n) is 6.94. The summed E-state index contributed by atoms with van der Waals surface area (Å²) in [7, 11) is -3.57. The monoisotopic (exact) mass is 499 g/mol. The summed E-state index contributed by atoms with van der Waals surface area (Å²) in [5, 5.41) is 0. The number of nitrogens with zero attached hydrogens (tertiary/aromatic N) is 4. The largest absolute Gasteiger partial charge is 0.366 e. The highest BCUT2D eigenvalue weighted by Crippen LogP contribution is 2.25. The zero-order chi connectivity index (χ0) is 25.2. The number of nitrogens with two attached hydrogens (primary N) is 1. The second-order valence-electron chi connectivity index (χ2n) is 9.48. The van der Waals surface area contributed by atoms with Gasteiger partial charge in [0.2, 0.25) is 21.8 Å². The van der Waals surface area contributed by atoms with E-state index in [0.717, 1.165) is 11.4 Å². The lowest BCUT2D eigenvalue weighted by Crippen LogP contribution is -2.52. The summed E-state index contributed by atoms with van der Waals surface area (Å²) < 4.78 is 27.6. The number of carbonyl (C=O) groups excluding carboxylic acids is 2. The van der Waals surface area contributed by atoms with Crippen LogP contribution in [0.5, 0.6) is 0 Å². The molecule has 0 unspecified atom stereocenters. The van der Waals surface area contributed by atoms with Gasteiger partial charge in [-0.1, -0.05) is 26.0 Å². The number of hydrogen-bond acceptors (Lipinski definition) is 6. The molecule has 4 rings (SSSR count). The van der Waals surface area contributed by atoms with Crippen molar-refractivity contribution in [3.05, 3.63) is 53.7 Å². The van der Waals surface area contributed by atoms with Crippen LogP contribution in [0.15, 0.2) is 47.5 Å². The van der Waals surface area contributed by atoms with Gasteiger partial charge in [0.1, 0.15) is 5.82 Å². The predicted molar refractivity (Wildman–Crippen MR) is 134 cm³/mol. The molecule has 2 aliphatic heterocycles. The summed E-state index contributed by atoms with van der Waals surface area (Å²) in [6.45, 7) is 6.94. The molecule has 35 heavy (non-hydrogen) atoms. The van der Waals surface area contributed by atoms with Crippen molar-refractivity contribution in [2.24, 2.45) is 11.7 Å². The molecule has 0 saturated carbocycles. The average Bonchev–Trinajstić information content (AvgIpc) is 2.88. The van der Waals surface area contributed by atoms with Crippen LogP contribution in [-0.4, -0.2) is 73.7 Å². The maximum absolute atomic E-state index is 13.1. The third-order valence-corrected chi connectivity index (χ3v) is 8.85. The standard InChI is InChI=1S/C25H33N5O4S/c1-18(2)19-3-6-22(7-4-19)35(33,34)30-15-13-29(14-16-30)25(32)20-9-11-28(12-10-20)23-8-5-21(17-27-23)24(26)31/h3-8,17-18,20H,9-16H2,1-2H3,(H2,26,31). The molecule has 0 radical (unpaired) electrons. The number of carbonyl (C=O) groups is 2. The molecule has 2 amide bonds. The SMILES string of the molecule is CC(C)c1ccc(S(=O)(=O)N2CCN(C(=O)C3CCN(c4ccc(C(N)=O)cn4)CC3)CC2)cc1. The Hall–Kier alpha value is -2.98. The minimum atomic E-state index is -3.57. The molecule has 2 saturated heterocycles. The van der Waals surface area contributed by atoms with Gasteiger partial charge in [-0.3, -0.25) is 9.59 Å². The van der Waals surface area contributed by atoms with E-state index in [4.69, 9.17) is 5.73 Å². The Balaban J connectivity index is 1.29. The van der Waals surface area contributed by atoms with Crippen LogP contribution < -0.4 is 10.6 Å². The quantitative estimate of drug-likeness (QED) is 0.650. The number of hydrogen-bond donors (Lipinski definition) is 1. The molecule has 188 valence electrons. The first-order valence-electron chi connectivity index (χ1n) is 12.1. The number of pyridine rings is 1. The van der Waals surface area contributed by atoms with E-state index in [9.17, 15) is 18.0 Å². The summed E-state index contributed by atoms with van der Waals surface area (Å²) in [5.41, 5.74) is 6.74. The lowest BCUT2D eigenvalue weighted by atomic mass is 9.95. The number of aromatic nitrogens is 1. The van der Waals surface area contributed by atoms with Crippen LogP contribution in [0.25, 0.3) is 0 Å². The lowest BCUT2D eigenvalue weighted by Gasteiger charge is -2.38. The fourth-order valence-corrected chi connectivity index (χ4v) is 6.08. The van der Waals surface area contributed by atoms with Crippen molar-refractivity contribution in [3.8, 4) is 0 Å². The highest BCUT2D eigenvalue weighted by atomic mass is 32.2. The molecule has 3 heterocycles. The molecule has 9 nitrogen and oxygen atoms in total. The van der Waals surface area contributed by atoms with Crippen LogP contribution in [-0.2, 0) is 14.8 Å². The zero-order valence-corrected chi connectivity index (χ0v) is 21.1. The number of anilines is 1. The van der Waals surface area contributed by atoms with Crippen LogP contribution in [0.2, 0.25) is 0 Å². The molecular formula is C25H33N5O4S. The van der Waals surface area contributed by atoms with Gasteiger partial charge in [-0.15, -0.1) is 0 Å². The smallest absolute Gasteiger partial charge is 0.250 e. The Labute approximate surface area is 207 Å². The normalized spacial score (nSPS) is 18.1. The molecule has 0 atom stereocenters. The number of sulfonamides is 1. The first-order valence-corrected chi connectivity index (χ1v) is 13.5. The van der Waals surface area contributed by atoms with E-state index in [1.54, 1.807) is 29.2 Å². The van der Waals surface area contributed by atoms with E-state index < -0.39 is 15.9 Å². The van der Waals surface area contributed by atoms with Crippen molar-refractivity contribution in [3.63, 3.8) is 0 Å². The van der Waals surface area contributed by atoms with Crippen LogP contribution >= 0.6 is 0 Å². The molecule has 10 heteroatoms. The third kappa shape index (κ3) is 5.48. The number of benzene rings is 1. The van der Waals surface area contributed by atoms with Gasteiger partial charge in [0.15, 0.2) is 0 Å². The highest BCUT2D eigenvalue weighted by Gasteiger charge is 2.34. The Bertz CT molecular complexity index is 1150. The fraction of sp³-hybridized carbons (Fsp3) is 0.480. The summed E-state index contributed by atoms with van der Waals surface area (Å²) in [6, 6.07) is 10.5. The second kappa shape index (κ2) is 10.3. The van der Waals surface area contributed by atoms with E-state index >= 15 is 0 Å². The first kappa shape index (κ1) is 25.1. The van der Waals surface area contributed by atoms with Gasteiger partial charge in [-0.25, -0.2) is 13.4 Å². The number of amides is 2. The molecular weight excluding hydrogens is 466 g/mol. The molecule has 1 aromatic carbocycles. The van der Waals surface area contributed by atoms with E-state index in [1.807, 2.05) is 12.1 Å². The van der Waals surface area contributed by atoms with E-state index in [2.05, 4.69) is 23.7 Å². The van der Waals surface area contributed by atoms with Crippen LogP contribution in [0.3, 0.4) is 0 Å². The van der Waals surface area contributed by atoms with Gasteiger partial charge in [0.05, 0.1) is 10.5 Å². The van der Waals surface area contributed by atoms with Crippen LogP contribution in [0, 0.1) is 5.92 Å². The Morgan fingerprint density at radius 1 is 0.943 bits per heavy atom. The van der Waals surface area contributed by atoms with Gasteiger partial charge in [-0.05, 0) is 48.6 Å². The molecule has 2 fully saturated rings. The van der Waals surface area contributed by atoms with Crippen molar-refractivity contribution >= 4 is 27.7 Å². The Kier molecular flexibility index (Phi) is 7.42. The van der Waals surface area contributed by atoms with Crippen molar-refractivity contribution in [1.82, 2.24) is 14.2 Å². The first-order chi connectivity index (χ1) is 16.7. The second-order valence-corrected chi connectivity index (χ2v) is 11.4. The average molecular weight is 500 g/mol. The van der Waals surface area contributed by atoms with E-state index in [1.165, 1.54) is 10.5 Å². The molecule has 0 bridgehead atoms. The van der Waals surface area contributed by atoms with E-state index in [-0.39, 0.29) is 11.8 Å². The Morgan fingerprint density at radius 3 is 2.09 bits per heavy atom. The summed E-state index contributed by atoms with van der Waals surface area (Å²) in [6.07, 6.45) is 2.89. The van der Waals surface area contributed by atoms with Crippen molar-refractivity contribution in [1.29, 1.82) is 0 Å². The summed E-state index contributed by atoms with van der Waals surface area (Å²) in [5.74, 6) is 0.612. The summed E-state index contributed by atoms with van der Waals surface area (Å²) in [4.78, 5) is 32.9. The van der Waals surface area contributed by atoms with Gasteiger partial charge in [-0.2, -0.15) is 4.31 Å². The maximum Gasteiger partial charge on any atom is 0.250 e. The minimum Gasteiger partial charge on any atom is -0.366 e. The molecule has 2 N–H and O–H groups in total. The fourth-order valence-electron chi connectivity index (χ4n) is 4.66. The minimum absolute atomic E-state index is 0.0807. The molecule has 1 aromatic heterocycles. The topological polar surface area (TPSA) is 117 Å². The Morgan fingerprint density at radius 2 is 1.57 bits per heavy atom. The molecule has 0 spiro atoms. The van der Waals surface area contributed by atoms with Crippen LogP contribution in [0.1, 0.15) is 48.5 Å². The lowest BCUT2D eigenvalue weighted by molar-refractivity contribution is -0.137. The number of piperidine rings is 1. The van der Waals surface area contributed by atoms with Gasteiger partial charge < -0.3 is 15.5 Å². The highest BCUT2D eigenvalue weighted by molar-refractivity contribution is 7.89.